The average Bonchev–Trinajstić information content (AvgIpc) is 2.45. The van der Waals surface area contributed by atoms with Crippen molar-refractivity contribution in [1.29, 1.82) is 0 Å². The molecule has 0 fully saturated rings. The second-order valence-corrected chi connectivity index (χ2v) is 6.08. The smallest absolute Gasteiger partial charge is 0.137 e. The lowest BCUT2D eigenvalue weighted by atomic mass is 10.0. The SMILES string of the molecule is COc1ccc(Br)cc1CC(=O)CCc1cccc(C)c1. The van der Waals surface area contributed by atoms with Gasteiger partial charge in [0.05, 0.1) is 7.11 Å². The van der Waals surface area contributed by atoms with E-state index in [0.29, 0.717) is 12.8 Å². The number of hydrogen-bond donors (Lipinski definition) is 0. The number of ketones is 1. The Balaban J connectivity index is 1.97. The minimum Gasteiger partial charge on any atom is -0.496 e. The summed E-state index contributed by atoms with van der Waals surface area (Å²) in [5, 5.41) is 0. The lowest BCUT2D eigenvalue weighted by Gasteiger charge is -2.08. The van der Waals surface area contributed by atoms with Gasteiger partial charge in [-0.25, -0.2) is 0 Å². The highest BCUT2D eigenvalue weighted by Crippen LogP contribution is 2.24. The lowest BCUT2D eigenvalue weighted by Crippen LogP contribution is -2.06. The van der Waals surface area contributed by atoms with Gasteiger partial charge in [-0.3, -0.25) is 4.79 Å². The largest absolute Gasteiger partial charge is 0.496 e. The van der Waals surface area contributed by atoms with Crippen LogP contribution in [0.3, 0.4) is 0 Å². The lowest BCUT2D eigenvalue weighted by molar-refractivity contribution is -0.118. The van der Waals surface area contributed by atoms with E-state index in [1.807, 2.05) is 24.3 Å². The monoisotopic (exact) mass is 346 g/mol. The molecule has 0 aromatic heterocycles. The number of carbonyl (C=O) groups excluding carboxylic acids is 1. The van der Waals surface area contributed by atoms with Gasteiger partial charge in [0.2, 0.25) is 0 Å². The van der Waals surface area contributed by atoms with E-state index in [1.165, 1.54) is 11.1 Å². The van der Waals surface area contributed by atoms with E-state index in [9.17, 15) is 4.79 Å². The third kappa shape index (κ3) is 4.71. The molecule has 0 saturated heterocycles. The third-order valence-corrected chi connectivity index (χ3v) is 3.90. The van der Waals surface area contributed by atoms with Crippen molar-refractivity contribution in [3.05, 3.63) is 63.6 Å². The number of benzene rings is 2. The fourth-order valence-electron chi connectivity index (χ4n) is 2.34. The number of halogens is 1. The van der Waals surface area contributed by atoms with E-state index in [2.05, 4.69) is 41.1 Å². The molecule has 0 aliphatic rings. The van der Waals surface area contributed by atoms with Gasteiger partial charge >= 0.3 is 0 Å². The minimum absolute atomic E-state index is 0.230. The molecule has 3 heteroatoms. The van der Waals surface area contributed by atoms with Gasteiger partial charge in [0.1, 0.15) is 11.5 Å². The van der Waals surface area contributed by atoms with Crippen molar-refractivity contribution >= 4 is 21.7 Å². The van der Waals surface area contributed by atoms with Crippen LogP contribution in [0.15, 0.2) is 46.9 Å². The second kappa shape index (κ2) is 7.41. The molecule has 2 rings (SSSR count). The minimum atomic E-state index is 0.230. The predicted molar refractivity (Wildman–Crippen MR) is 88.9 cm³/mol. The van der Waals surface area contributed by atoms with E-state index in [-0.39, 0.29) is 5.78 Å². The standard InChI is InChI=1S/C18H19BrO2/c1-13-4-3-5-14(10-13)6-8-17(20)12-15-11-16(19)7-9-18(15)21-2/h3-5,7,9-11H,6,8,12H2,1-2H3. The molecule has 0 unspecified atom stereocenters. The number of aryl methyl sites for hydroxylation is 2. The van der Waals surface area contributed by atoms with Crippen LogP contribution in [0.25, 0.3) is 0 Å². The molecule has 0 bridgehead atoms. The molecule has 0 aliphatic heterocycles. The van der Waals surface area contributed by atoms with Crippen molar-refractivity contribution in [1.82, 2.24) is 0 Å². The number of methoxy groups -OCH3 is 1. The highest BCUT2D eigenvalue weighted by molar-refractivity contribution is 9.10. The van der Waals surface area contributed by atoms with E-state index in [1.54, 1.807) is 7.11 Å². The van der Waals surface area contributed by atoms with Crippen molar-refractivity contribution in [3.8, 4) is 5.75 Å². The second-order valence-electron chi connectivity index (χ2n) is 5.16. The van der Waals surface area contributed by atoms with Crippen LogP contribution in [0.5, 0.6) is 5.75 Å². The molecule has 0 aliphatic carbocycles. The summed E-state index contributed by atoms with van der Waals surface area (Å²) in [6, 6.07) is 14.0. The van der Waals surface area contributed by atoms with Crippen LogP contribution >= 0.6 is 15.9 Å². The van der Waals surface area contributed by atoms with Gasteiger partial charge in [-0.15, -0.1) is 0 Å². The zero-order valence-electron chi connectivity index (χ0n) is 12.4. The first-order chi connectivity index (χ1) is 10.1. The van der Waals surface area contributed by atoms with Crippen molar-refractivity contribution < 1.29 is 9.53 Å². The van der Waals surface area contributed by atoms with Crippen molar-refractivity contribution in [2.75, 3.05) is 7.11 Å². The average molecular weight is 347 g/mol. The highest BCUT2D eigenvalue weighted by atomic mass is 79.9. The summed E-state index contributed by atoms with van der Waals surface area (Å²) in [6.07, 6.45) is 1.75. The molecular formula is C18H19BrO2. The topological polar surface area (TPSA) is 26.3 Å². The summed E-state index contributed by atoms with van der Waals surface area (Å²) >= 11 is 3.43. The fraction of sp³-hybridized carbons (Fsp3) is 0.278. The molecule has 0 radical (unpaired) electrons. The van der Waals surface area contributed by atoms with Crippen LogP contribution in [0, 0.1) is 6.92 Å². The van der Waals surface area contributed by atoms with Gasteiger partial charge in [0.25, 0.3) is 0 Å². The molecule has 0 saturated carbocycles. The Morgan fingerprint density at radius 2 is 2.00 bits per heavy atom. The Labute approximate surface area is 134 Å². The molecule has 0 amide bonds. The highest BCUT2D eigenvalue weighted by Gasteiger charge is 2.10. The van der Waals surface area contributed by atoms with Crippen LogP contribution < -0.4 is 4.74 Å². The predicted octanol–water partition coefficient (Wildman–Crippen LogP) is 4.51. The van der Waals surface area contributed by atoms with E-state index in [4.69, 9.17) is 4.74 Å². The molecular weight excluding hydrogens is 328 g/mol. The van der Waals surface area contributed by atoms with Gasteiger partial charge in [0.15, 0.2) is 0 Å². The number of rotatable bonds is 6. The summed E-state index contributed by atoms with van der Waals surface area (Å²) in [4.78, 5) is 12.2. The molecule has 2 aromatic carbocycles. The zero-order valence-corrected chi connectivity index (χ0v) is 13.9. The van der Waals surface area contributed by atoms with Crippen molar-refractivity contribution in [2.45, 2.75) is 26.2 Å². The van der Waals surface area contributed by atoms with Gasteiger partial charge in [-0.2, -0.15) is 0 Å². The molecule has 21 heavy (non-hydrogen) atoms. The third-order valence-electron chi connectivity index (χ3n) is 3.41. The van der Waals surface area contributed by atoms with Gasteiger partial charge in [-0.1, -0.05) is 45.8 Å². The van der Waals surface area contributed by atoms with E-state index in [0.717, 1.165) is 22.2 Å². The summed E-state index contributed by atoms with van der Waals surface area (Å²) < 4.78 is 6.27. The van der Waals surface area contributed by atoms with Crippen LogP contribution in [0.1, 0.15) is 23.1 Å². The van der Waals surface area contributed by atoms with Crippen molar-refractivity contribution in [2.24, 2.45) is 0 Å². The van der Waals surface area contributed by atoms with Crippen LogP contribution in [-0.2, 0) is 17.6 Å². The summed E-state index contributed by atoms with van der Waals surface area (Å²) in [7, 11) is 1.63. The summed E-state index contributed by atoms with van der Waals surface area (Å²) in [6.45, 7) is 2.07. The van der Waals surface area contributed by atoms with Gasteiger partial charge < -0.3 is 4.74 Å². The fourth-order valence-corrected chi connectivity index (χ4v) is 2.75. The Bertz CT molecular complexity index is 635. The maximum absolute atomic E-state index is 12.2. The van der Waals surface area contributed by atoms with Crippen LogP contribution in [0.2, 0.25) is 0 Å². The maximum Gasteiger partial charge on any atom is 0.137 e. The maximum atomic E-state index is 12.2. The Morgan fingerprint density at radius 1 is 1.19 bits per heavy atom. The zero-order chi connectivity index (χ0) is 15.2. The molecule has 0 N–H and O–H groups in total. The first-order valence-corrected chi connectivity index (χ1v) is 7.77. The number of ether oxygens (including phenoxy) is 1. The molecule has 110 valence electrons. The molecule has 0 spiro atoms. The number of carbonyl (C=O) groups is 1. The molecule has 0 heterocycles. The van der Waals surface area contributed by atoms with Gasteiger partial charge in [0, 0.05) is 22.9 Å². The first kappa shape index (κ1) is 15.8. The number of hydrogen-bond acceptors (Lipinski definition) is 2. The molecule has 0 atom stereocenters. The Kier molecular flexibility index (Phi) is 5.57. The van der Waals surface area contributed by atoms with Crippen LogP contribution in [-0.4, -0.2) is 12.9 Å². The molecule has 2 aromatic rings. The van der Waals surface area contributed by atoms with E-state index < -0.39 is 0 Å². The summed E-state index contributed by atoms with van der Waals surface area (Å²) in [5.41, 5.74) is 3.37. The Morgan fingerprint density at radius 3 is 2.71 bits per heavy atom. The number of Topliss-reactive ketones (excluding diaryl/α,β-unsaturated/α-hetero) is 1. The van der Waals surface area contributed by atoms with E-state index >= 15 is 0 Å². The summed E-state index contributed by atoms with van der Waals surface area (Å²) in [5.74, 6) is 0.995. The van der Waals surface area contributed by atoms with Crippen molar-refractivity contribution in [3.63, 3.8) is 0 Å². The quantitative estimate of drug-likeness (QED) is 0.769. The molecule has 2 nitrogen and oxygen atoms in total. The van der Waals surface area contributed by atoms with Gasteiger partial charge in [-0.05, 0) is 37.1 Å². The first-order valence-electron chi connectivity index (χ1n) is 6.98. The Hall–Kier alpha value is -1.61. The van der Waals surface area contributed by atoms with Crippen LogP contribution in [0.4, 0.5) is 0 Å². The normalized spacial score (nSPS) is 10.4.